The maximum absolute atomic E-state index is 13.4. The van der Waals surface area contributed by atoms with E-state index in [0.29, 0.717) is 6.42 Å². The number of Topliss-reactive ketones (excluding diaryl/α,β-unsaturated/α-hetero) is 1. The molecule has 3 aliphatic rings. The SMILES string of the molecule is CC(=O)C1C2CC3C(OC(=O)C31)C2OC(=O)C(F)(F)SOO[O-]. The number of hydrogen-bond acceptors (Lipinski definition) is 9. The quantitative estimate of drug-likeness (QED) is 0.276. The van der Waals surface area contributed by atoms with E-state index < -0.39 is 59.2 Å². The summed E-state index contributed by atoms with van der Waals surface area (Å²) in [6, 6.07) is 0. The molecule has 1 saturated heterocycles. The van der Waals surface area contributed by atoms with Crippen LogP contribution in [0.5, 0.6) is 0 Å². The van der Waals surface area contributed by atoms with Crippen molar-refractivity contribution in [3.63, 3.8) is 0 Å². The van der Waals surface area contributed by atoms with Gasteiger partial charge in [-0.05, 0) is 13.3 Å². The first-order valence-corrected chi connectivity index (χ1v) is 7.46. The van der Waals surface area contributed by atoms with Crippen LogP contribution in [0, 0.1) is 23.7 Å². The molecule has 2 saturated carbocycles. The summed E-state index contributed by atoms with van der Waals surface area (Å²) >= 11 is -0.800. The van der Waals surface area contributed by atoms with Crippen LogP contribution in [0.2, 0.25) is 0 Å². The smallest absolute Gasteiger partial charge is 0.415 e. The van der Waals surface area contributed by atoms with E-state index in [4.69, 9.17) is 9.47 Å². The average molecular weight is 353 g/mol. The van der Waals surface area contributed by atoms with E-state index in [1.165, 1.54) is 6.92 Å². The molecule has 2 aliphatic carbocycles. The van der Waals surface area contributed by atoms with E-state index in [-0.39, 0.29) is 11.7 Å². The monoisotopic (exact) mass is 353 g/mol. The fraction of sp³-hybridized carbons (Fsp3) is 0.750. The zero-order valence-electron chi connectivity index (χ0n) is 11.6. The summed E-state index contributed by atoms with van der Waals surface area (Å²) in [6.07, 6.45) is -1.56. The van der Waals surface area contributed by atoms with Gasteiger partial charge in [-0.25, -0.2) is 4.79 Å². The fourth-order valence-corrected chi connectivity index (χ4v) is 4.21. The molecule has 23 heavy (non-hydrogen) atoms. The lowest BCUT2D eigenvalue weighted by Gasteiger charge is -2.30. The minimum absolute atomic E-state index is 0.273. The van der Waals surface area contributed by atoms with Crippen molar-refractivity contribution in [3.8, 4) is 0 Å². The average Bonchev–Trinajstić information content (AvgIpc) is 3.08. The Kier molecular flexibility index (Phi) is 4.07. The first-order chi connectivity index (χ1) is 10.8. The van der Waals surface area contributed by atoms with Gasteiger partial charge in [0, 0.05) is 17.8 Å². The van der Waals surface area contributed by atoms with Gasteiger partial charge in [0.25, 0.3) is 0 Å². The van der Waals surface area contributed by atoms with Gasteiger partial charge in [-0.2, -0.15) is 13.1 Å². The van der Waals surface area contributed by atoms with Crippen LogP contribution in [0.3, 0.4) is 0 Å². The fourth-order valence-electron chi connectivity index (χ4n) is 3.98. The topological polar surface area (TPSA) is 111 Å². The third kappa shape index (κ3) is 2.51. The molecule has 128 valence electrons. The molecule has 2 bridgehead atoms. The zero-order valence-corrected chi connectivity index (χ0v) is 12.4. The van der Waals surface area contributed by atoms with Crippen molar-refractivity contribution < 1.29 is 47.3 Å². The molecule has 3 rings (SSSR count). The van der Waals surface area contributed by atoms with Crippen LogP contribution >= 0.6 is 12.0 Å². The summed E-state index contributed by atoms with van der Waals surface area (Å²) in [5.74, 6) is -4.95. The standard InChI is InChI=1S/C12H12F2O8S/c1-3(15)6-4-2-5-7(6)10(16)19-8(5)9(4)20-11(17)12(13,14)23-22-21-18/h4-9,18H,2H2,1H3/p-1. The van der Waals surface area contributed by atoms with E-state index in [1.807, 2.05) is 0 Å². The number of carbonyl (C=O) groups excluding carboxylic acids is 3. The number of carbonyl (C=O) groups is 3. The van der Waals surface area contributed by atoms with Gasteiger partial charge in [0.05, 0.1) is 5.92 Å². The van der Waals surface area contributed by atoms with E-state index in [9.17, 15) is 28.4 Å². The highest BCUT2D eigenvalue weighted by atomic mass is 32.2. The molecule has 1 aliphatic heterocycles. The van der Waals surface area contributed by atoms with Crippen LogP contribution in [0.4, 0.5) is 8.78 Å². The molecular formula is C12H11F2O8S-. The predicted molar refractivity (Wildman–Crippen MR) is 63.7 cm³/mol. The van der Waals surface area contributed by atoms with Gasteiger partial charge < -0.3 is 14.7 Å². The number of ketones is 1. The summed E-state index contributed by atoms with van der Waals surface area (Å²) in [6.45, 7) is 1.30. The molecule has 3 fully saturated rings. The maximum Gasteiger partial charge on any atom is 0.415 e. The summed E-state index contributed by atoms with van der Waals surface area (Å²) in [5.41, 5.74) is 0. The number of rotatable bonds is 6. The Balaban J connectivity index is 1.75. The number of halogens is 2. The molecule has 0 radical (unpaired) electrons. The van der Waals surface area contributed by atoms with Gasteiger partial charge in [0.15, 0.2) is 0 Å². The zero-order chi connectivity index (χ0) is 16.9. The van der Waals surface area contributed by atoms with Crippen molar-refractivity contribution in [2.24, 2.45) is 23.7 Å². The van der Waals surface area contributed by atoms with Crippen molar-refractivity contribution in [1.82, 2.24) is 0 Å². The van der Waals surface area contributed by atoms with Crippen LogP contribution < -0.4 is 5.26 Å². The number of esters is 2. The molecule has 6 unspecified atom stereocenters. The minimum Gasteiger partial charge on any atom is -0.691 e. The first-order valence-electron chi connectivity index (χ1n) is 6.72. The molecule has 0 N–H and O–H groups in total. The van der Waals surface area contributed by atoms with Crippen molar-refractivity contribution in [3.05, 3.63) is 0 Å². The lowest BCUT2D eigenvalue weighted by Crippen LogP contribution is -2.44. The number of fused-ring (bicyclic) bond motifs is 1. The summed E-state index contributed by atoms with van der Waals surface area (Å²) in [5, 5.41) is 8.17. The lowest BCUT2D eigenvalue weighted by molar-refractivity contribution is -0.777. The molecule has 8 nitrogen and oxygen atoms in total. The molecule has 11 heteroatoms. The molecule has 0 aromatic rings. The lowest BCUT2D eigenvalue weighted by atomic mass is 9.76. The first kappa shape index (κ1) is 16.6. The maximum atomic E-state index is 13.4. The normalized spacial score (nSPS) is 37.8. The Labute approximate surface area is 132 Å². The Bertz CT molecular complexity index is 555. The van der Waals surface area contributed by atoms with Gasteiger partial charge in [0.1, 0.15) is 30.0 Å². The van der Waals surface area contributed by atoms with Crippen LogP contribution in [0.15, 0.2) is 0 Å². The Hall–Kier alpha value is -1.30. The summed E-state index contributed by atoms with van der Waals surface area (Å²) in [7, 11) is 0. The van der Waals surface area contributed by atoms with E-state index in [0.717, 1.165) is 0 Å². The van der Waals surface area contributed by atoms with Gasteiger partial charge in [-0.15, -0.1) is 0 Å². The van der Waals surface area contributed by atoms with E-state index in [1.54, 1.807) is 0 Å². The number of alkyl halides is 2. The van der Waals surface area contributed by atoms with E-state index >= 15 is 0 Å². The Morgan fingerprint density at radius 2 is 2.09 bits per heavy atom. The molecule has 0 spiro atoms. The van der Waals surface area contributed by atoms with E-state index in [2.05, 4.69) is 9.37 Å². The second-order valence-corrected chi connectivity index (χ2v) is 6.55. The van der Waals surface area contributed by atoms with Gasteiger partial charge in [-0.3, -0.25) is 14.6 Å². The van der Waals surface area contributed by atoms with Crippen molar-refractivity contribution in [2.75, 3.05) is 0 Å². The molecule has 0 aromatic heterocycles. The third-order valence-electron chi connectivity index (χ3n) is 4.66. The van der Waals surface area contributed by atoms with Gasteiger partial charge in [-0.1, -0.05) is 0 Å². The minimum atomic E-state index is -4.18. The molecule has 0 amide bonds. The van der Waals surface area contributed by atoms with Gasteiger partial charge >= 0.3 is 17.2 Å². The second-order valence-electron chi connectivity index (χ2n) is 5.73. The number of ether oxygens (including phenoxy) is 2. The molecule has 1 heterocycles. The molecular weight excluding hydrogens is 342 g/mol. The molecule has 0 aromatic carbocycles. The predicted octanol–water partition coefficient (Wildman–Crippen LogP) is -0.241. The third-order valence-corrected chi connectivity index (χ3v) is 5.16. The largest absolute Gasteiger partial charge is 0.691 e. The Morgan fingerprint density at radius 3 is 2.70 bits per heavy atom. The second kappa shape index (κ2) is 5.65. The Morgan fingerprint density at radius 1 is 1.39 bits per heavy atom. The van der Waals surface area contributed by atoms with Crippen LogP contribution in [0.25, 0.3) is 0 Å². The highest BCUT2D eigenvalue weighted by molar-refractivity contribution is 7.96. The highest BCUT2D eigenvalue weighted by Crippen LogP contribution is 2.59. The summed E-state index contributed by atoms with van der Waals surface area (Å²) < 4.78 is 40.2. The van der Waals surface area contributed by atoms with Crippen molar-refractivity contribution >= 4 is 29.8 Å². The molecule has 6 atom stereocenters. The highest BCUT2D eigenvalue weighted by Gasteiger charge is 2.69. The number of hydrogen-bond donors (Lipinski definition) is 0. The van der Waals surface area contributed by atoms with Crippen molar-refractivity contribution in [2.45, 2.75) is 30.8 Å². The van der Waals surface area contributed by atoms with Gasteiger partial charge in [0.2, 0.25) is 0 Å². The van der Waals surface area contributed by atoms with Crippen molar-refractivity contribution in [1.29, 1.82) is 0 Å². The van der Waals surface area contributed by atoms with Crippen LogP contribution in [-0.4, -0.2) is 35.2 Å². The van der Waals surface area contributed by atoms with Crippen LogP contribution in [-0.2, 0) is 33.2 Å². The summed E-state index contributed by atoms with van der Waals surface area (Å²) in [4.78, 5) is 35.2. The van der Waals surface area contributed by atoms with Crippen LogP contribution in [0.1, 0.15) is 13.3 Å².